The van der Waals surface area contributed by atoms with Crippen LogP contribution in [-0.2, 0) is 11.2 Å². The minimum absolute atomic E-state index is 0.0264. The summed E-state index contributed by atoms with van der Waals surface area (Å²) in [7, 11) is 0. The minimum Gasteiger partial charge on any atom is -0.361 e. The van der Waals surface area contributed by atoms with Crippen LogP contribution >= 0.6 is 11.6 Å². The Labute approximate surface area is 185 Å². The normalized spacial score (nSPS) is 15.5. The molecule has 4 aromatic rings. The lowest BCUT2D eigenvalue weighted by Gasteiger charge is -2.18. The largest absolute Gasteiger partial charge is 0.361 e. The van der Waals surface area contributed by atoms with Crippen molar-refractivity contribution in [3.05, 3.63) is 101 Å². The molecule has 0 bridgehead atoms. The van der Waals surface area contributed by atoms with Crippen LogP contribution in [0.15, 0.2) is 79.0 Å². The summed E-state index contributed by atoms with van der Waals surface area (Å²) in [4.78, 5) is 31.4. The summed E-state index contributed by atoms with van der Waals surface area (Å²) in [6, 6.07) is 22.9. The van der Waals surface area contributed by atoms with E-state index in [9.17, 15) is 9.59 Å². The average molecular weight is 429 g/mol. The first-order valence-corrected chi connectivity index (χ1v) is 10.7. The first-order chi connectivity index (χ1) is 15.1. The standard InChI is InChI=1S/C26H21ClN2O2/c27-22-10-4-1-9-20(22)25(30)15-21-19-8-3-6-12-24(19)29(26(21)31)14-13-17-16-28-23-11-5-2-7-18(17)23/h1-12,16,21,28H,13-15H2/t21-/m0/s1. The molecule has 5 rings (SSSR count). The van der Waals surface area contributed by atoms with Crippen molar-refractivity contribution in [2.24, 2.45) is 0 Å². The Hall–Kier alpha value is -3.37. The smallest absolute Gasteiger partial charge is 0.235 e. The van der Waals surface area contributed by atoms with E-state index in [1.165, 1.54) is 10.9 Å². The minimum atomic E-state index is -0.483. The second-order valence-corrected chi connectivity index (χ2v) is 8.23. The molecule has 0 saturated carbocycles. The summed E-state index contributed by atoms with van der Waals surface area (Å²) in [5.74, 6) is -0.624. The molecule has 1 aromatic heterocycles. The molecular weight excluding hydrogens is 408 g/mol. The van der Waals surface area contributed by atoms with Gasteiger partial charge >= 0.3 is 0 Å². The Morgan fingerprint density at radius 1 is 0.968 bits per heavy atom. The van der Waals surface area contributed by atoms with Gasteiger partial charge in [0.25, 0.3) is 0 Å². The highest BCUT2D eigenvalue weighted by Crippen LogP contribution is 2.40. The third-order valence-corrected chi connectivity index (χ3v) is 6.34. The molecule has 154 valence electrons. The summed E-state index contributed by atoms with van der Waals surface area (Å²) in [5.41, 5.74) is 4.54. The molecule has 1 amide bonds. The third kappa shape index (κ3) is 3.53. The van der Waals surface area contributed by atoms with Crippen molar-refractivity contribution >= 4 is 39.9 Å². The molecule has 0 radical (unpaired) electrons. The Bertz CT molecular complexity index is 1290. The number of benzene rings is 3. The van der Waals surface area contributed by atoms with Gasteiger partial charge in [0.2, 0.25) is 5.91 Å². The summed E-state index contributed by atoms with van der Waals surface area (Å²) in [5, 5.41) is 1.59. The van der Waals surface area contributed by atoms with Gasteiger partial charge in [0.05, 0.1) is 10.9 Å². The number of anilines is 1. The van der Waals surface area contributed by atoms with Gasteiger partial charge in [-0.25, -0.2) is 0 Å². The van der Waals surface area contributed by atoms with Crippen molar-refractivity contribution < 1.29 is 9.59 Å². The molecule has 5 heteroatoms. The molecule has 1 aliphatic rings. The number of halogens is 1. The Morgan fingerprint density at radius 2 is 1.71 bits per heavy atom. The Morgan fingerprint density at radius 3 is 2.58 bits per heavy atom. The van der Waals surface area contributed by atoms with Gasteiger partial charge < -0.3 is 9.88 Å². The number of hydrogen-bond donors (Lipinski definition) is 1. The number of amides is 1. The molecule has 2 heterocycles. The van der Waals surface area contributed by atoms with Crippen LogP contribution in [0.25, 0.3) is 10.9 Å². The maximum absolute atomic E-state index is 13.4. The van der Waals surface area contributed by atoms with Gasteiger partial charge in [-0.3, -0.25) is 9.59 Å². The zero-order valence-corrected chi connectivity index (χ0v) is 17.6. The maximum atomic E-state index is 13.4. The molecule has 0 aliphatic carbocycles. The molecule has 4 nitrogen and oxygen atoms in total. The zero-order chi connectivity index (χ0) is 21.4. The fourth-order valence-corrected chi connectivity index (χ4v) is 4.69. The van der Waals surface area contributed by atoms with E-state index in [0.29, 0.717) is 17.1 Å². The first kappa shape index (κ1) is 19.6. The lowest BCUT2D eigenvalue weighted by atomic mass is 9.93. The number of carbonyl (C=O) groups excluding carboxylic acids is 2. The van der Waals surface area contributed by atoms with E-state index in [1.54, 1.807) is 24.3 Å². The van der Waals surface area contributed by atoms with E-state index in [4.69, 9.17) is 11.6 Å². The number of aromatic amines is 1. The van der Waals surface area contributed by atoms with Crippen LogP contribution in [-0.4, -0.2) is 23.2 Å². The van der Waals surface area contributed by atoms with Crippen molar-refractivity contribution in [1.82, 2.24) is 4.98 Å². The van der Waals surface area contributed by atoms with E-state index >= 15 is 0 Å². The van der Waals surface area contributed by atoms with Gasteiger partial charge in [-0.1, -0.05) is 60.1 Å². The Kier molecular flexibility index (Phi) is 5.08. The van der Waals surface area contributed by atoms with Crippen molar-refractivity contribution in [3.8, 4) is 0 Å². The number of ketones is 1. The van der Waals surface area contributed by atoms with Crippen LogP contribution in [0.5, 0.6) is 0 Å². The predicted octanol–water partition coefficient (Wildman–Crippen LogP) is 5.77. The van der Waals surface area contributed by atoms with Gasteiger partial charge in [0.1, 0.15) is 0 Å². The number of nitrogens with zero attached hydrogens (tertiary/aromatic N) is 1. The van der Waals surface area contributed by atoms with Crippen molar-refractivity contribution in [2.75, 3.05) is 11.4 Å². The topological polar surface area (TPSA) is 53.2 Å². The molecule has 0 unspecified atom stereocenters. The Balaban J connectivity index is 1.39. The molecule has 31 heavy (non-hydrogen) atoms. The number of Topliss-reactive ketones (excluding diaryl/α,β-unsaturated/α-hetero) is 1. The number of rotatable bonds is 6. The number of para-hydroxylation sites is 2. The second-order valence-electron chi connectivity index (χ2n) is 7.82. The number of aromatic nitrogens is 1. The highest BCUT2D eigenvalue weighted by Gasteiger charge is 2.38. The molecule has 0 fully saturated rings. The van der Waals surface area contributed by atoms with E-state index in [1.807, 2.05) is 53.6 Å². The maximum Gasteiger partial charge on any atom is 0.235 e. The lowest BCUT2D eigenvalue weighted by molar-refractivity contribution is -0.119. The van der Waals surface area contributed by atoms with E-state index in [0.717, 1.165) is 23.2 Å². The number of fused-ring (bicyclic) bond motifs is 2. The summed E-state index contributed by atoms with van der Waals surface area (Å²) in [6.07, 6.45) is 2.86. The second kappa shape index (κ2) is 8.05. The van der Waals surface area contributed by atoms with Gasteiger partial charge in [-0.15, -0.1) is 0 Å². The predicted molar refractivity (Wildman–Crippen MR) is 124 cm³/mol. The highest BCUT2D eigenvalue weighted by molar-refractivity contribution is 6.34. The first-order valence-electron chi connectivity index (χ1n) is 10.4. The molecule has 0 saturated heterocycles. The molecule has 3 aromatic carbocycles. The fourth-order valence-electron chi connectivity index (χ4n) is 4.45. The lowest BCUT2D eigenvalue weighted by Crippen LogP contribution is -2.31. The SMILES string of the molecule is O=C(C[C@@H]1C(=O)N(CCc2c[nH]c3ccccc23)c2ccccc21)c1ccccc1Cl. The monoisotopic (exact) mass is 428 g/mol. The van der Waals surface area contributed by atoms with Crippen molar-refractivity contribution in [3.63, 3.8) is 0 Å². The van der Waals surface area contributed by atoms with Crippen LogP contribution in [0.4, 0.5) is 5.69 Å². The molecule has 1 aliphatic heterocycles. The molecule has 1 atom stereocenters. The van der Waals surface area contributed by atoms with Crippen molar-refractivity contribution in [1.29, 1.82) is 0 Å². The van der Waals surface area contributed by atoms with Gasteiger partial charge in [-0.05, 0) is 41.8 Å². The third-order valence-electron chi connectivity index (χ3n) is 6.01. The number of hydrogen-bond acceptors (Lipinski definition) is 2. The van der Waals surface area contributed by atoms with E-state index in [-0.39, 0.29) is 18.1 Å². The van der Waals surface area contributed by atoms with Crippen LogP contribution in [0, 0.1) is 0 Å². The highest BCUT2D eigenvalue weighted by atomic mass is 35.5. The summed E-state index contributed by atoms with van der Waals surface area (Å²) < 4.78 is 0. The van der Waals surface area contributed by atoms with E-state index in [2.05, 4.69) is 11.1 Å². The average Bonchev–Trinajstić information content (AvgIpc) is 3.32. The summed E-state index contributed by atoms with van der Waals surface area (Å²) >= 11 is 6.21. The van der Waals surface area contributed by atoms with Gasteiger partial charge in [0.15, 0.2) is 5.78 Å². The molecule has 1 N–H and O–H groups in total. The van der Waals surface area contributed by atoms with E-state index < -0.39 is 5.92 Å². The van der Waals surface area contributed by atoms with Crippen LogP contribution in [0.3, 0.4) is 0 Å². The van der Waals surface area contributed by atoms with Gasteiger partial charge in [0, 0.05) is 41.3 Å². The summed E-state index contributed by atoms with van der Waals surface area (Å²) in [6.45, 7) is 0.564. The van der Waals surface area contributed by atoms with Crippen LogP contribution in [0.1, 0.15) is 33.8 Å². The molecule has 0 spiro atoms. The fraction of sp³-hybridized carbons (Fsp3) is 0.154. The number of nitrogens with one attached hydrogen (secondary N) is 1. The number of H-pyrrole nitrogens is 1. The van der Waals surface area contributed by atoms with Crippen molar-refractivity contribution in [2.45, 2.75) is 18.8 Å². The quantitative estimate of drug-likeness (QED) is 0.396. The molecular formula is C26H21ClN2O2. The zero-order valence-electron chi connectivity index (χ0n) is 16.8. The van der Waals surface area contributed by atoms with Crippen LogP contribution in [0.2, 0.25) is 5.02 Å². The van der Waals surface area contributed by atoms with Gasteiger partial charge in [-0.2, -0.15) is 0 Å². The number of carbonyl (C=O) groups is 2. The van der Waals surface area contributed by atoms with Crippen LogP contribution < -0.4 is 4.90 Å².